The first-order chi connectivity index (χ1) is 17.3. The van der Waals surface area contributed by atoms with Gasteiger partial charge in [0, 0.05) is 23.0 Å². The van der Waals surface area contributed by atoms with Crippen molar-refractivity contribution >= 4 is 34.1 Å². The number of pyridine rings is 1. The van der Waals surface area contributed by atoms with Gasteiger partial charge in [0.2, 0.25) is 5.91 Å². The van der Waals surface area contributed by atoms with Crippen molar-refractivity contribution in [1.82, 2.24) is 4.98 Å². The van der Waals surface area contributed by atoms with E-state index in [4.69, 9.17) is 0 Å². The van der Waals surface area contributed by atoms with E-state index in [1.165, 1.54) is 11.1 Å². The van der Waals surface area contributed by atoms with Crippen LogP contribution in [0.5, 0.6) is 0 Å². The molecule has 5 rings (SSSR count). The van der Waals surface area contributed by atoms with Crippen LogP contribution in [0.1, 0.15) is 62.6 Å². The van der Waals surface area contributed by atoms with Gasteiger partial charge in [-0.15, -0.1) is 0 Å². The number of benzene rings is 3. The van der Waals surface area contributed by atoms with E-state index in [9.17, 15) is 9.59 Å². The van der Waals surface area contributed by atoms with E-state index in [1.807, 2.05) is 78.9 Å². The monoisotopic (exact) mass is 477 g/mol. The number of carbonyl (C=O) groups is 2. The van der Waals surface area contributed by atoms with Gasteiger partial charge in [-0.2, -0.15) is 0 Å². The Morgan fingerprint density at radius 2 is 1.53 bits per heavy atom. The van der Waals surface area contributed by atoms with Crippen LogP contribution in [-0.4, -0.2) is 16.8 Å². The summed E-state index contributed by atoms with van der Waals surface area (Å²) in [5, 5.41) is 4.03. The Morgan fingerprint density at radius 1 is 0.889 bits per heavy atom. The lowest BCUT2D eigenvalue weighted by atomic mass is 9.75. The van der Waals surface area contributed by atoms with Gasteiger partial charge < -0.3 is 5.32 Å². The molecule has 1 unspecified atom stereocenters. The predicted octanol–water partition coefficient (Wildman–Crippen LogP) is 6.75. The topological polar surface area (TPSA) is 62.3 Å². The zero-order chi connectivity index (χ0) is 25.4. The summed E-state index contributed by atoms with van der Waals surface area (Å²) in [7, 11) is 0. The van der Waals surface area contributed by atoms with Crippen LogP contribution in [0.2, 0.25) is 0 Å². The minimum absolute atomic E-state index is 0.0797. The summed E-state index contributed by atoms with van der Waals surface area (Å²) in [6, 6.07) is 25.5. The number of aromatic nitrogens is 1. The van der Waals surface area contributed by atoms with Gasteiger partial charge in [-0.05, 0) is 71.0 Å². The van der Waals surface area contributed by atoms with Gasteiger partial charge >= 0.3 is 0 Å². The molecule has 4 aromatic rings. The number of hydrogen-bond acceptors (Lipinski definition) is 3. The van der Waals surface area contributed by atoms with Gasteiger partial charge in [0.1, 0.15) is 0 Å². The number of fused-ring (bicyclic) bond motifs is 1. The fourth-order valence-electron chi connectivity index (χ4n) is 4.93. The summed E-state index contributed by atoms with van der Waals surface area (Å²) < 4.78 is 0. The van der Waals surface area contributed by atoms with E-state index >= 15 is 0 Å². The molecule has 182 valence electrons. The standard InChI is InChI=1S/C31H31N3O2/c1-20(2)22-7-12-26(13-8-22)33-30(36)31(25-11-16-28-24(18-25)6-5-17-32-28)19-29(35)34(31)27-14-9-23(10-15-27)21(3)4/h5-18,20-21H,19H2,1-4H3,(H,33,36). The average Bonchev–Trinajstić information content (AvgIpc) is 2.87. The lowest BCUT2D eigenvalue weighted by molar-refractivity contribution is -0.137. The van der Waals surface area contributed by atoms with Crippen LogP contribution in [-0.2, 0) is 15.1 Å². The van der Waals surface area contributed by atoms with Crippen LogP contribution in [0.4, 0.5) is 11.4 Å². The number of rotatable bonds is 6. The molecule has 0 bridgehead atoms. The molecule has 2 amide bonds. The van der Waals surface area contributed by atoms with Gasteiger partial charge in [-0.1, -0.05) is 64.1 Å². The van der Waals surface area contributed by atoms with Crippen molar-refractivity contribution in [3.05, 3.63) is 102 Å². The number of carbonyl (C=O) groups excluding carboxylic acids is 2. The Morgan fingerprint density at radius 3 is 2.14 bits per heavy atom. The fourth-order valence-corrected chi connectivity index (χ4v) is 4.93. The smallest absolute Gasteiger partial charge is 0.255 e. The number of nitrogens with one attached hydrogen (secondary N) is 1. The third-order valence-electron chi connectivity index (χ3n) is 7.15. The highest BCUT2D eigenvalue weighted by atomic mass is 16.2. The van der Waals surface area contributed by atoms with Gasteiger partial charge in [-0.3, -0.25) is 19.5 Å². The van der Waals surface area contributed by atoms with Crippen LogP contribution >= 0.6 is 0 Å². The SMILES string of the molecule is CC(C)c1ccc(NC(=O)C2(c3ccc4ncccc4c3)CC(=O)N2c2ccc(C(C)C)cc2)cc1. The molecule has 1 aromatic heterocycles. The van der Waals surface area contributed by atoms with E-state index in [0.29, 0.717) is 23.2 Å². The lowest BCUT2D eigenvalue weighted by Crippen LogP contribution is -2.67. The number of β-lactam (4-membered cyclic amide) rings is 1. The van der Waals surface area contributed by atoms with Crippen molar-refractivity contribution in [3.8, 4) is 0 Å². The molecule has 0 saturated carbocycles. The molecule has 1 aliphatic rings. The summed E-state index contributed by atoms with van der Waals surface area (Å²) in [6.45, 7) is 8.55. The van der Waals surface area contributed by atoms with Crippen LogP contribution in [0, 0.1) is 0 Å². The Kier molecular flexibility index (Phi) is 6.09. The molecule has 5 nitrogen and oxygen atoms in total. The lowest BCUT2D eigenvalue weighted by Gasteiger charge is -2.50. The third-order valence-corrected chi connectivity index (χ3v) is 7.15. The van der Waals surface area contributed by atoms with Crippen LogP contribution < -0.4 is 10.2 Å². The zero-order valence-electron chi connectivity index (χ0n) is 21.2. The first-order valence-corrected chi connectivity index (χ1v) is 12.5. The molecule has 5 heteroatoms. The molecule has 2 heterocycles. The van der Waals surface area contributed by atoms with Crippen LogP contribution in [0.15, 0.2) is 85.1 Å². The molecule has 3 aromatic carbocycles. The molecule has 1 aliphatic heterocycles. The quantitative estimate of drug-likeness (QED) is 0.312. The highest BCUT2D eigenvalue weighted by molar-refractivity contribution is 6.17. The Balaban J connectivity index is 1.58. The summed E-state index contributed by atoms with van der Waals surface area (Å²) in [6.07, 6.45) is 1.85. The number of anilines is 2. The van der Waals surface area contributed by atoms with Crippen molar-refractivity contribution in [2.45, 2.75) is 51.5 Å². The van der Waals surface area contributed by atoms with Crippen molar-refractivity contribution in [3.63, 3.8) is 0 Å². The largest absolute Gasteiger partial charge is 0.324 e. The molecule has 1 atom stereocenters. The predicted molar refractivity (Wildman–Crippen MR) is 145 cm³/mol. The maximum absolute atomic E-state index is 14.1. The second kappa shape index (κ2) is 9.23. The Labute approximate surface area is 212 Å². The first kappa shape index (κ1) is 23.7. The molecule has 36 heavy (non-hydrogen) atoms. The molecular weight excluding hydrogens is 446 g/mol. The van der Waals surface area contributed by atoms with E-state index in [0.717, 1.165) is 16.5 Å². The third kappa shape index (κ3) is 4.05. The van der Waals surface area contributed by atoms with Crippen molar-refractivity contribution in [2.75, 3.05) is 10.2 Å². The summed E-state index contributed by atoms with van der Waals surface area (Å²) >= 11 is 0. The summed E-state index contributed by atoms with van der Waals surface area (Å²) in [5.74, 6) is 0.473. The van der Waals surface area contributed by atoms with E-state index < -0.39 is 5.54 Å². The normalized spacial score (nSPS) is 17.5. The number of hydrogen-bond donors (Lipinski definition) is 1. The van der Waals surface area contributed by atoms with E-state index in [1.54, 1.807) is 11.1 Å². The number of nitrogens with zero attached hydrogens (tertiary/aromatic N) is 2. The zero-order valence-corrected chi connectivity index (χ0v) is 21.2. The molecular formula is C31H31N3O2. The summed E-state index contributed by atoms with van der Waals surface area (Å²) in [4.78, 5) is 33.2. The fraction of sp³-hybridized carbons (Fsp3) is 0.258. The van der Waals surface area contributed by atoms with E-state index in [-0.39, 0.29) is 18.2 Å². The average molecular weight is 478 g/mol. The molecule has 0 spiro atoms. The van der Waals surface area contributed by atoms with Crippen LogP contribution in [0.3, 0.4) is 0 Å². The van der Waals surface area contributed by atoms with E-state index in [2.05, 4.69) is 38.0 Å². The molecule has 1 saturated heterocycles. The van der Waals surface area contributed by atoms with Gasteiger partial charge in [0.15, 0.2) is 5.54 Å². The summed E-state index contributed by atoms with van der Waals surface area (Å²) in [5.41, 5.74) is 4.27. The van der Waals surface area contributed by atoms with Gasteiger partial charge in [-0.25, -0.2) is 0 Å². The maximum atomic E-state index is 14.1. The maximum Gasteiger partial charge on any atom is 0.255 e. The number of amides is 2. The highest BCUT2D eigenvalue weighted by Crippen LogP contribution is 2.46. The van der Waals surface area contributed by atoms with Gasteiger partial charge in [0.25, 0.3) is 5.91 Å². The van der Waals surface area contributed by atoms with Crippen LogP contribution in [0.25, 0.3) is 10.9 Å². The molecule has 0 radical (unpaired) electrons. The Hall–Kier alpha value is -3.99. The second-order valence-electron chi connectivity index (χ2n) is 10.2. The minimum Gasteiger partial charge on any atom is -0.324 e. The van der Waals surface area contributed by atoms with Crippen molar-refractivity contribution in [1.29, 1.82) is 0 Å². The molecule has 0 aliphatic carbocycles. The molecule has 1 fully saturated rings. The van der Waals surface area contributed by atoms with Crippen molar-refractivity contribution < 1.29 is 9.59 Å². The van der Waals surface area contributed by atoms with Gasteiger partial charge in [0.05, 0.1) is 11.9 Å². The Bertz CT molecular complexity index is 1420. The second-order valence-corrected chi connectivity index (χ2v) is 10.2. The molecule has 1 N–H and O–H groups in total. The minimum atomic E-state index is -1.16. The van der Waals surface area contributed by atoms with Crippen molar-refractivity contribution in [2.24, 2.45) is 0 Å². The first-order valence-electron chi connectivity index (χ1n) is 12.5. The highest BCUT2D eigenvalue weighted by Gasteiger charge is 2.58.